The van der Waals surface area contributed by atoms with E-state index >= 15 is 0 Å². The average molecular weight is 285 g/mol. The van der Waals surface area contributed by atoms with E-state index in [4.69, 9.17) is 0 Å². The SMILES string of the molecule is CCCC1SCC(C(=O)O)N1C(=O)c1ccsc1. The summed E-state index contributed by atoms with van der Waals surface area (Å²) < 4.78 is 0. The molecule has 1 aliphatic rings. The van der Waals surface area contributed by atoms with Crippen LogP contribution in [0.5, 0.6) is 0 Å². The summed E-state index contributed by atoms with van der Waals surface area (Å²) >= 11 is 3.01. The minimum absolute atomic E-state index is 0.0106. The fourth-order valence-electron chi connectivity index (χ4n) is 2.03. The monoisotopic (exact) mass is 285 g/mol. The molecule has 0 aromatic carbocycles. The number of rotatable bonds is 4. The van der Waals surface area contributed by atoms with Crippen LogP contribution in [0.2, 0.25) is 0 Å². The van der Waals surface area contributed by atoms with Gasteiger partial charge in [-0.1, -0.05) is 13.3 Å². The molecule has 2 unspecified atom stereocenters. The molecular formula is C12H15NO3S2. The van der Waals surface area contributed by atoms with E-state index in [1.807, 2.05) is 12.3 Å². The molecule has 1 N–H and O–H groups in total. The molecule has 2 rings (SSSR count). The lowest BCUT2D eigenvalue weighted by molar-refractivity contribution is -0.141. The number of carbonyl (C=O) groups excluding carboxylic acids is 1. The second kappa shape index (κ2) is 5.75. The number of thioether (sulfide) groups is 1. The second-order valence-corrected chi connectivity index (χ2v) is 6.15. The Morgan fingerprint density at radius 2 is 2.33 bits per heavy atom. The van der Waals surface area contributed by atoms with Gasteiger partial charge in [-0.2, -0.15) is 11.3 Å². The summed E-state index contributed by atoms with van der Waals surface area (Å²) in [5, 5.41) is 12.8. The van der Waals surface area contributed by atoms with E-state index in [9.17, 15) is 14.7 Å². The molecular weight excluding hydrogens is 270 g/mol. The van der Waals surface area contributed by atoms with Gasteiger partial charge in [0.2, 0.25) is 0 Å². The Balaban J connectivity index is 2.23. The highest BCUT2D eigenvalue weighted by Crippen LogP contribution is 2.33. The van der Waals surface area contributed by atoms with Gasteiger partial charge in [0.05, 0.1) is 10.9 Å². The van der Waals surface area contributed by atoms with E-state index in [0.29, 0.717) is 11.3 Å². The van der Waals surface area contributed by atoms with Crippen LogP contribution in [0.1, 0.15) is 30.1 Å². The molecule has 1 amide bonds. The lowest BCUT2D eigenvalue weighted by Crippen LogP contribution is -2.45. The van der Waals surface area contributed by atoms with Crippen LogP contribution in [0.3, 0.4) is 0 Å². The van der Waals surface area contributed by atoms with Gasteiger partial charge in [0.1, 0.15) is 6.04 Å². The summed E-state index contributed by atoms with van der Waals surface area (Å²) in [6.07, 6.45) is 1.78. The van der Waals surface area contributed by atoms with Crippen molar-refractivity contribution >= 4 is 35.0 Å². The Morgan fingerprint density at radius 3 is 2.89 bits per heavy atom. The van der Waals surface area contributed by atoms with Crippen LogP contribution in [-0.4, -0.2) is 39.1 Å². The first-order valence-electron chi connectivity index (χ1n) is 5.84. The van der Waals surface area contributed by atoms with Gasteiger partial charge in [-0.15, -0.1) is 11.8 Å². The smallest absolute Gasteiger partial charge is 0.327 e. The Bertz CT molecular complexity index is 433. The molecule has 1 saturated heterocycles. The van der Waals surface area contributed by atoms with Crippen LogP contribution in [0.25, 0.3) is 0 Å². The van der Waals surface area contributed by atoms with Gasteiger partial charge in [0, 0.05) is 11.1 Å². The number of hydrogen-bond acceptors (Lipinski definition) is 4. The summed E-state index contributed by atoms with van der Waals surface area (Å²) in [4.78, 5) is 25.1. The summed E-state index contributed by atoms with van der Waals surface area (Å²) in [5.74, 6) is -0.590. The number of amides is 1. The molecule has 1 aromatic heterocycles. The maximum Gasteiger partial charge on any atom is 0.327 e. The van der Waals surface area contributed by atoms with Crippen molar-refractivity contribution in [2.45, 2.75) is 31.2 Å². The largest absolute Gasteiger partial charge is 0.480 e. The quantitative estimate of drug-likeness (QED) is 0.923. The van der Waals surface area contributed by atoms with E-state index < -0.39 is 12.0 Å². The number of hydrogen-bond donors (Lipinski definition) is 1. The zero-order valence-electron chi connectivity index (χ0n) is 10.0. The van der Waals surface area contributed by atoms with Crippen LogP contribution < -0.4 is 0 Å². The molecule has 0 spiro atoms. The van der Waals surface area contributed by atoms with Crippen LogP contribution >= 0.6 is 23.1 Å². The molecule has 6 heteroatoms. The Labute approximate surface area is 114 Å². The summed E-state index contributed by atoms with van der Waals surface area (Å²) in [5.41, 5.74) is 0.592. The zero-order chi connectivity index (χ0) is 13.1. The highest BCUT2D eigenvalue weighted by molar-refractivity contribution is 8.00. The molecule has 1 aromatic rings. The number of carbonyl (C=O) groups is 2. The Kier molecular flexibility index (Phi) is 4.29. The molecule has 0 saturated carbocycles. The molecule has 98 valence electrons. The van der Waals surface area contributed by atoms with Crippen molar-refractivity contribution in [3.05, 3.63) is 22.4 Å². The predicted octanol–water partition coefficient (Wildman–Crippen LogP) is 2.52. The van der Waals surface area contributed by atoms with Crippen molar-refractivity contribution < 1.29 is 14.7 Å². The number of carboxylic acids is 1. The summed E-state index contributed by atoms with van der Waals surface area (Å²) in [6.45, 7) is 2.04. The van der Waals surface area contributed by atoms with E-state index in [1.54, 1.807) is 28.1 Å². The second-order valence-electron chi connectivity index (χ2n) is 4.16. The summed E-state index contributed by atoms with van der Waals surface area (Å²) in [6, 6.07) is 1.05. The van der Waals surface area contributed by atoms with Gasteiger partial charge in [-0.3, -0.25) is 4.79 Å². The molecule has 2 atom stereocenters. The maximum atomic E-state index is 12.4. The van der Waals surface area contributed by atoms with Gasteiger partial charge >= 0.3 is 5.97 Å². The van der Waals surface area contributed by atoms with Crippen molar-refractivity contribution in [1.29, 1.82) is 0 Å². The van der Waals surface area contributed by atoms with Gasteiger partial charge in [0.15, 0.2) is 0 Å². The van der Waals surface area contributed by atoms with Gasteiger partial charge in [0.25, 0.3) is 5.91 Å². The lowest BCUT2D eigenvalue weighted by atomic mass is 10.2. The molecule has 0 aliphatic carbocycles. The predicted molar refractivity (Wildman–Crippen MR) is 73.1 cm³/mol. The van der Waals surface area contributed by atoms with Crippen LogP contribution in [0.4, 0.5) is 0 Å². The third-order valence-corrected chi connectivity index (χ3v) is 4.95. The minimum Gasteiger partial charge on any atom is -0.480 e. The van der Waals surface area contributed by atoms with Crippen molar-refractivity contribution in [2.24, 2.45) is 0 Å². The fourth-order valence-corrected chi connectivity index (χ4v) is 4.17. The Morgan fingerprint density at radius 1 is 1.56 bits per heavy atom. The van der Waals surface area contributed by atoms with Crippen molar-refractivity contribution in [3.8, 4) is 0 Å². The van der Waals surface area contributed by atoms with E-state index in [0.717, 1.165) is 12.8 Å². The van der Waals surface area contributed by atoms with Crippen molar-refractivity contribution in [1.82, 2.24) is 4.90 Å². The van der Waals surface area contributed by atoms with Gasteiger partial charge in [-0.25, -0.2) is 4.79 Å². The van der Waals surface area contributed by atoms with E-state index in [1.165, 1.54) is 11.3 Å². The normalized spacial score (nSPS) is 23.3. The topological polar surface area (TPSA) is 57.6 Å². The molecule has 0 bridgehead atoms. The first-order chi connectivity index (χ1) is 8.65. The average Bonchev–Trinajstić information content (AvgIpc) is 2.97. The highest BCUT2D eigenvalue weighted by Gasteiger charge is 2.41. The first-order valence-corrected chi connectivity index (χ1v) is 7.83. The number of carboxylic acid groups (broad SMARTS) is 1. The van der Waals surface area contributed by atoms with Crippen LogP contribution in [-0.2, 0) is 4.79 Å². The zero-order valence-corrected chi connectivity index (χ0v) is 11.7. The number of nitrogens with zero attached hydrogens (tertiary/aromatic N) is 1. The maximum absolute atomic E-state index is 12.4. The highest BCUT2D eigenvalue weighted by atomic mass is 32.2. The van der Waals surface area contributed by atoms with Crippen molar-refractivity contribution in [2.75, 3.05) is 5.75 Å². The molecule has 4 nitrogen and oxygen atoms in total. The third kappa shape index (κ3) is 2.54. The lowest BCUT2D eigenvalue weighted by Gasteiger charge is -2.26. The first kappa shape index (κ1) is 13.4. The van der Waals surface area contributed by atoms with Crippen LogP contribution in [0, 0.1) is 0 Å². The van der Waals surface area contributed by atoms with Gasteiger partial charge in [-0.05, 0) is 17.9 Å². The minimum atomic E-state index is -0.912. The van der Waals surface area contributed by atoms with Gasteiger partial charge < -0.3 is 10.0 Å². The molecule has 1 fully saturated rings. The molecule has 2 heterocycles. The third-order valence-electron chi connectivity index (χ3n) is 2.92. The number of thiophene rings is 1. The van der Waals surface area contributed by atoms with Crippen molar-refractivity contribution in [3.63, 3.8) is 0 Å². The standard InChI is InChI=1S/C12H15NO3S2/c1-2-3-10-13(9(7-18-10)12(15)16)11(14)8-4-5-17-6-8/h4-6,9-10H,2-3,7H2,1H3,(H,15,16). The molecule has 18 heavy (non-hydrogen) atoms. The fraction of sp³-hybridized carbons (Fsp3) is 0.500. The van der Waals surface area contributed by atoms with Crippen LogP contribution in [0.15, 0.2) is 16.8 Å². The van der Waals surface area contributed by atoms with E-state index in [2.05, 4.69) is 0 Å². The van der Waals surface area contributed by atoms with E-state index in [-0.39, 0.29) is 11.3 Å². The molecule has 0 radical (unpaired) electrons. The summed E-state index contributed by atoms with van der Waals surface area (Å²) in [7, 11) is 0. The number of aliphatic carboxylic acids is 1. The Hall–Kier alpha value is -1.01. The molecule has 1 aliphatic heterocycles.